The van der Waals surface area contributed by atoms with E-state index in [0.29, 0.717) is 29.4 Å². The number of anilines is 2. The third-order valence-electron chi connectivity index (χ3n) is 2.98. The highest BCUT2D eigenvalue weighted by atomic mass is 35.5. The smallest absolute Gasteiger partial charge is 0.256 e. The Balaban J connectivity index is 2.18. The summed E-state index contributed by atoms with van der Waals surface area (Å²) in [6.45, 7) is 2.39. The summed E-state index contributed by atoms with van der Waals surface area (Å²) in [5.74, 6) is -0.199. The molecule has 1 aliphatic rings. The first kappa shape index (κ1) is 12.2. The number of carbonyl (C=O) groups excluding carboxylic acids is 1. The molecule has 2 rings (SSSR count). The Morgan fingerprint density at radius 1 is 1.59 bits per heavy atom. The molecule has 92 valence electrons. The summed E-state index contributed by atoms with van der Waals surface area (Å²) in [4.78, 5) is 12.1. The highest BCUT2D eigenvalue weighted by molar-refractivity contribution is 6.34. The average molecular weight is 255 g/mol. The van der Waals surface area contributed by atoms with Crippen LogP contribution in [0.4, 0.5) is 11.4 Å². The van der Waals surface area contributed by atoms with Crippen LogP contribution in [0.3, 0.4) is 0 Å². The summed E-state index contributed by atoms with van der Waals surface area (Å²) < 4.78 is 5.46. The van der Waals surface area contributed by atoms with E-state index in [0.717, 1.165) is 6.42 Å². The molecule has 3 N–H and O–H groups in total. The van der Waals surface area contributed by atoms with Gasteiger partial charge >= 0.3 is 0 Å². The van der Waals surface area contributed by atoms with E-state index in [1.54, 1.807) is 25.1 Å². The quantitative estimate of drug-likeness (QED) is 0.797. The lowest BCUT2D eigenvalue weighted by atomic mass is 10.0. The van der Waals surface area contributed by atoms with Crippen molar-refractivity contribution >= 4 is 28.9 Å². The Hall–Kier alpha value is -1.26. The van der Waals surface area contributed by atoms with Crippen molar-refractivity contribution in [3.63, 3.8) is 0 Å². The van der Waals surface area contributed by atoms with Crippen molar-refractivity contribution in [1.29, 1.82) is 0 Å². The van der Waals surface area contributed by atoms with Crippen LogP contribution in [0.5, 0.6) is 0 Å². The molecule has 1 atom stereocenters. The van der Waals surface area contributed by atoms with Gasteiger partial charge in [0.2, 0.25) is 0 Å². The second kappa shape index (κ2) is 4.55. The number of rotatable bonds is 2. The maximum atomic E-state index is 12.1. The first-order valence-corrected chi connectivity index (χ1v) is 5.90. The summed E-state index contributed by atoms with van der Waals surface area (Å²) >= 11 is 5.99. The van der Waals surface area contributed by atoms with Crippen LogP contribution in [0.2, 0.25) is 5.02 Å². The molecule has 0 aliphatic carbocycles. The number of hydrogen-bond acceptors (Lipinski definition) is 3. The fourth-order valence-electron chi connectivity index (χ4n) is 1.88. The summed E-state index contributed by atoms with van der Waals surface area (Å²) in [6.07, 6.45) is 1.60. The molecule has 17 heavy (non-hydrogen) atoms. The van der Waals surface area contributed by atoms with Crippen molar-refractivity contribution in [2.45, 2.75) is 25.4 Å². The predicted octanol–water partition coefficient (Wildman–Crippen LogP) is 2.43. The molecule has 0 aromatic heterocycles. The monoisotopic (exact) mass is 254 g/mol. The number of halogens is 1. The van der Waals surface area contributed by atoms with Crippen molar-refractivity contribution < 1.29 is 9.53 Å². The van der Waals surface area contributed by atoms with Crippen LogP contribution in [0, 0.1) is 0 Å². The average Bonchev–Trinajstić information content (AvgIpc) is 2.72. The van der Waals surface area contributed by atoms with Gasteiger partial charge in [-0.25, -0.2) is 0 Å². The molecule has 1 heterocycles. The first-order valence-electron chi connectivity index (χ1n) is 5.52. The molecule has 1 unspecified atom stereocenters. The minimum atomic E-state index is -0.772. The number of benzene rings is 1. The third kappa shape index (κ3) is 2.37. The number of carbonyl (C=O) groups is 1. The van der Waals surface area contributed by atoms with E-state index in [1.165, 1.54) is 0 Å². The second-order valence-corrected chi connectivity index (χ2v) is 4.75. The van der Waals surface area contributed by atoms with Crippen molar-refractivity contribution in [2.75, 3.05) is 17.7 Å². The van der Waals surface area contributed by atoms with Crippen molar-refractivity contribution in [3.05, 3.63) is 23.2 Å². The number of nitrogens with one attached hydrogen (secondary N) is 1. The SMILES string of the molecule is CC1(C(=O)Nc2c(N)cccc2Cl)CCCO1. The molecule has 0 bridgehead atoms. The molecule has 1 amide bonds. The number of nitrogen functional groups attached to an aromatic ring is 1. The van der Waals surface area contributed by atoms with Gasteiger partial charge in [-0.15, -0.1) is 0 Å². The Labute approximate surface area is 105 Å². The van der Waals surface area contributed by atoms with E-state index in [-0.39, 0.29) is 5.91 Å². The molecule has 5 heteroatoms. The zero-order chi connectivity index (χ0) is 12.5. The Morgan fingerprint density at radius 2 is 2.35 bits per heavy atom. The molecular formula is C12H15ClN2O2. The number of para-hydroxylation sites is 1. The van der Waals surface area contributed by atoms with E-state index in [1.807, 2.05) is 0 Å². The van der Waals surface area contributed by atoms with Gasteiger partial charge in [-0.05, 0) is 31.9 Å². The summed E-state index contributed by atoms with van der Waals surface area (Å²) in [7, 11) is 0. The number of nitrogens with two attached hydrogens (primary N) is 1. The molecule has 1 saturated heterocycles. The lowest BCUT2D eigenvalue weighted by Gasteiger charge is -2.22. The standard InChI is InChI=1S/C12H15ClN2O2/c1-12(6-3-7-17-12)11(16)15-10-8(13)4-2-5-9(10)14/h2,4-5H,3,6-7,14H2,1H3,(H,15,16). The van der Waals surface area contributed by atoms with Crippen LogP contribution >= 0.6 is 11.6 Å². The van der Waals surface area contributed by atoms with Crippen LogP contribution in [0.25, 0.3) is 0 Å². The summed E-state index contributed by atoms with van der Waals surface area (Å²) in [5, 5.41) is 3.17. The van der Waals surface area contributed by atoms with Gasteiger partial charge in [0.05, 0.1) is 16.4 Å². The molecule has 1 aromatic carbocycles. The Kier molecular flexibility index (Phi) is 3.26. The molecule has 0 radical (unpaired) electrons. The summed E-state index contributed by atoms with van der Waals surface area (Å²) in [5.41, 5.74) is 5.91. The fraction of sp³-hybridized carbons (Fsp3) is 0.417. The minimum absolute atomic E-state index is 0.199. The van der Waals surface area contributed by atoms with Gasteiger partial charge in [0.1, 0.15) is 5.60 Å². The third-order valence-corrected chi connectivity index (χ3v) is 3.30. The second-order valence-electron chi connectivity index (χ2n) is 4.34. The van der Waals surface area contributed by atoms with Crippen LogP contribution in [0.15, 0.2) is 18.2 Å². The highest BCUT2D eigenvalue weighted by Crippen LogP contribution is 2.31. The topological polar surface area (TPSA) is 64.4 Å². The van der Waals surface area contributed by atoms with E-state index in [9.17, 15) is 4.79 Å². The number of amides is 1. The molecule has 1 fully saturated rings. The highest BCUT2D eigenvalue weighted by Gasteiger charge is 2.38. The normalized spacial score (nSPS) is 23.6. The van der Waals surface area contributed by atoms with Crippen LogP contribution < -0.4 is 11.1 Å². The lowest BCUT2D eigenvalue weighted by Crippen LogP contribution is -2.39. The number of ether oxygens (including phenoxy) is 1. The van der Waals surface area contributed by atoms with E-state index in [2.05, 4.69) is 5.32 Å². The van der Waals surface area contributed by atoms with Gasteiger partial charge < -0.3 is 15.8 Å². The van der Waals surface area contributed by atoms with Gasteiger partial charge in [0, 0.05) is 6.61 Å². The van der Waals surface area contributed by atoms with Crippen LogP contribution in [-0.2, 0) is 9.53 Å². The maximum absolute atomic E-state index is 12.1. The lowest BCUT2D eigenvalue weighted by molar-refractivity contribution is -0.133. The van der Waals surface area contributed by atoms with Gasteiger partial charge in [-0.2, -0.15) is 0 Å². The van der Waals surface area contributed by atoms with E-state index >= 15 is 0 Å². The van der Waals surface area contributed by atoms with E-state index in [4.69, 9.17) is 22.1 Å². The fourth-order valence-corrected chi connectivity index (χ4v) is 2.11. The molecule has 1 aromatic rings. The van der Waals surface area contributed by atoms with Gasteiger partial charge in [-0.1, -0.05) is 17.7 Å². The van der Waals surface area contributed by atoms with Crippen LogP contribution in [-0.4, -0.2) is 18.1 Å². The molecule has 0 saturated carbocycles. The van der Waals surface area contributed by atoms with Gasteiger partial charge in [0.15, 0.2) is 0 Å². The van der Waals surface area contributed by atoms with E-state index < -0.39 is 5.60 Å². The molecule has 0 spiro atoms. The Bertz CT molecular complexity index is 422. The van der Waals surface area contributed by atoms with Crippen molar-refractivity contribution in [3.8, 4) is 0 Å². The molecule has 1 aliphatic heterocycles. The zero-order valence-electron chi connectivity index (χ0n) is 9.63. The summed E-state index contributed by atoms with van der Waals surface area (Å²) in [6, 6.07) is 5.12. The van der Waals surface area contributed by atoms with Crippen molar-refractivity contribution in [2.24, 2.45) is 0 Å². The number of hydrogen-bond donors (Lipinski definition) is 2. The van der Waals surface area contributed by atoms with Crippen molar-refractivity contribution in [1.82, 2.24) is 0 Å². The maximum Gasteiger partial charge on any atom is 0.256 e. The molecule has 4 nitrogen and oxygen atoms in total. The van der Waals surface area contributed by atoms with Crippen LogP contribution in [0.1, 0.15) is 19.8 Å². The first-order chi connectivity index (χ1) is 8.03. The predicted molar refractivity (Wildman–Crippen MR) is 68.1 cm³/mol. The van der Waals surface area contributed by atoms with Gasteiger partial charge in [-0.3, -0.25) is 4.79 Å². The van der Waals surface area contributed by atoms with Gasteiger partial charge in [0.25, 0.3) is 5.91 Å². The zero-order valence-corrected chi connectivity index (χ0v) is 10.4. The minimum Gasteiger partial charge on any atom is -0.397 e. The Morgan fingerprint density at radius 3 is 2.94 bits per heavy atom. The molecular weight excluding hydrogens is 240 g/mol. The largest absolute Gasteiger partial charge is 0.397 e.